The predicted octanol–water partition coefficient (Wildman–Crippen LogP) is -0.281. The molecule has 0 heterocycles. The number of carboxylic acid groups (broad SMARTS) is 2. The molecule has 0 radical (unpaired) electrons. The summed E-state index contributed by atoms with van der Waals surface area (Å²) in [6.45, 7) is 0. The van der Waals surface area contributed by atoms with E-state index in [-0.39, 0.29) is 60.0 Å². The van der Waals surface area contributed by atoms with Crippen molar-refractivity contribution in [2.45, 2.75) is 0 Å². The van der Waals surface area contributed by atoms with Crippen LogP contribution in [0.25, 0.3) is 0 Å². The molecule has 2 rings (SSSR count). The minimum atomic E-state index is -1.13. The van der Waals surface area contributed by atoms with Crippen molar-refractivity contribution in [3.63, 3.8) is 0 Å². The number of carbonyl (C=O) groups excluding carboxylic acids is 2. The quantitative estimate of drug-likeness (QED) is 0.672. The SMILES string of the molecule is O=C([O-])c1ccccc1.O=C([O-])c1ccccc1.[Ba+2]. The van der Waals surface area contributed by atoms with Gasteiger partial charge in [-0.1, -0.05) is 60.7 Å². The van der Waals surface area contributed by atoms with Crippen LogP contribution in [0.5, 0.6) is 0 Å². The average Bonchev–Trinajstić information content (AvgIpc) is 2.41. The monoisotopic (exact) mass is 380 g/mol. The molecule has 0 unspecified atom stereocenters. The van der Waals surface area contributed by atoms with Crippen LogP contribution in [0.2, 0.25) is 0 Å². The topological polar surface area (TPSA) is 80.3 Å². The second-order valence-corrected chi connectivity index (χ2v) is 3.31. The van der Waals surface area contributed by atoms with Crippen molar-refractivity contribution < 1.29 is 19.8 Å². The third-order valence-electron chi connectivity index (χ3n) is 2.02. The van der Waals surface area contributed by atoms with Gasteiger partial charge < -0.3 is 19.8 Å². The summed E-state index contributed by atoms with van der Waals surface area (Å²) in [6.07, 6.45) is 0. The Bertz CT molecular complexity index is 462. The molecule has 2 aromatic carbocycles. The number of rotatable bonds is 2. The fourth-order valence-corrected chi connectivity index (χ4v) is 1.15. The first-order chi connectivity index (χ1) is 8.61. The smallest absolute Gasteiger partial charge is 0.545 e. The molecule has 0 saturated heterocycles. The second-order valence-electron chi connectivity index (χ2n) is 3.31. The molecular formula is C14H10BaO4. The van der Waals surface area contributed by atoms with Gasteiger partial charge >= 0.3 is 48.9 Å². The van der Waals surface area contributed by atoms with Crippen molar-refractivity contribution in [2.24, 2.45) is 0 Å². The van der Waals surface area contributed by atoms with Gasteiger partial charge in [-0.15, -0.1) is 0 Å². The van der Waals surface area contributed by atoms with Crippen LogP contribution in [0.1, 0.15) is 20.7 Å². The average molecular weight is 380 g/mol. The Morgan fingerprint density at radius 3 is 1.05 bits per heavy atom. The van der Waals surface area contributed by atoms with Crippen molar-refractivity contribution in [3.8, 4) is 0 Å². The first kappa shape index (κ1) is 18.0. The van der Waals surface area contributed by atoms with E-state index in [4.69, 9.17) is 0 Å². The van der Waals surface area contributed by atoms with E-state index in [2.05, 4.69) is 0 Å². The molecule has 0 saturated carbocycles. The van der Waals surface area contributed by atoms with Gasteiger partial charge in [0.05, 0.1) is 11.9 Å². The third kappa shape index (κ3) is 7.19. The maximum absolute atomic E-state index is 10.1. The third-order valence-corrected chi connectivity index (χ3v) is 2.02. The summed E-state index contributed by atoms with van der Waals surface area (Å²) in [5.74, 6) is -2.26. The molecule has 0 aliphatic heterocycles. The van der Waals surface area contributed by atoms with Crippen LogP contribution in [-0.2, 0) is 0 Å². The van der Waals surface area contributed by atoms with Crippen molar-refractivity contribution in [1.29, 1.82) is 0 Å². The molecule has 0 atom stereocenters. The van der Waals surface area contributed by atoms with Gasteiger partial charge in [0.25, 0.3) is 0 Å². The molecule has 4 nitrogen and oxygen atoms in total. The van der Waals surface area contributed by atoms with Gasteiger partial charge in [0.2, 0.25) is 0 Å². The van der Waals surface area contributed by atoms with Gasteiger partial charge in [-0.2, -0.15) is 0 Å². The van der Waals surface area contributed by atoms with E-state index in [0.717, 1.165) is 0 Å². The number of hydrogen-bond acceptors (Lipinski definition) is 4. The van der Waals surface area contributed by atoms with E-state index in [0.29, 0.717) is 0 Å². The summed E-state index contributed by atoms with van der Waals surface area (Å²) in [6, 6.07) is 16.1. The van der Waals surface area contributed by atoms with Gasteiger partial charge in [-0.05, 0) is 11.1 Å². The maximum atomic E-state index is 10.1. The molecule has 0 aliphatic carbocycles. The number of aromatic carboxylic acids is 2. The Balaban J connectivity index is 0.000000324. The fraction of sp³-hybridized carbons (Fsp3) is 0. The molecule has 0 aromatic heterocycles. The first-order valence-electron chi connectivity index (χ1n) is 5.14. The molecule has 5 heteroatoms. The number of benzene rings is 2. The number of carboxylic acids is 2. The van der Waals surface area contributed by atoms with Crippen molar-refractivity contribution >= 4 is 60.8 Å². The van der Waals surface area contributed by atoms with Gasteiger partial charge in [-0.25, -0.2) is 0 Å². The Morgan fingerprint density at radius 1 is 0.632 bits per heavy atom. The van der Waals surface area contributed by atoms with E-state index in [1.165, 1.54) is 24.3 Å². The van der Waals surface area contributed by atoms with E-state index in [1.54, 1.807) is 36.4 Å². The fourth-order valence-electron chi connectivity index (χ4n) is 1.15. The molecule has 19 heavy (non-hydrogen) atoms. The molecule has 0 aliphatic rings. The largest absolute Gasteiger partial charge is 2.00 e. The minimum Gasteiger partial charge on any atom is -0.545 e. The molecule has 0 bridgehead atoms. The predicted molar refractivity (Wildman–Crippen MR) is 67.3 cm³/mol. The van der Waals surface area contributed by atoms with E-state index >= 15 is 0 Å². The summed E-state index contributed by atoms with van der Waals surface area (Å²) in [5.41, 5.74) is 0.440. The van der Waals surface area contributed by atoms with Crippen LogP contribution in [0.15, 0.2) is 60.7 Å². The van der Waals surface area contributed by atoms with Crippen molar-refractivity contribution in [2.75, 3.05) is 0 Å². The second kappa shape index (κ2) is 9.83. The Morgan fingerprint density at radius 2 is 0.895 bits per heavy atom. The van der Waals surface area contributed by atoms with Crippen LogP contribution in [0, 0.1) is 0 Å². The van der Waals surface area contributed by atoms with E-state index in [9.17, 15) is 19.8 Å². The van der Waals surface area contributed by atoms with Crippen LogP contribution in [-0.4, -0.2) is 60.8 Å². The van der Waals surface area contributed by atoms with Crippen LogP contribution in [0.3, 0.4) is 0 Å². The normalized spacial score (nSPS) is 8.42. The zero-order valence-electron chi connectivity index (χ0n) is 10.1. The van der Waals surface area contributed by atoms with Crippen molar-refractivity contribution in [3.05, 3.63) is 71.8 Å². The van der Waals surface area contributed by atoms with Gasteiger partial charge in [-0.3, -0.25) is 0 Å². The summed E-state index contributed by atoms with van der Waals surface area (Å²) < 4.78 is 0. The van der Waals surface area contributed by atoms with E-state index in [1.807, 2.05) is 0 Å². The number of hydrogen-bond donors (Lipinski definition) is 0. The van der Waals surface area contributed by atoms with Crippen molar-refractivity contribution in [1.82, 2.24) is 0 Å². The van der Waals surface area contributed by atoms with Crippen LogP contribution < -0.4 is 10.2 Å². The molecule has 0 N–H and O–H groups in total. The standard InChI is InChI=1S/2C7H6O2.Ba/c2*8-7(9)6-4-2-1-3-5-6;/h2*1-5H,(H,8,9);/q;;+2/p-2. The molecule has 0 amide bonds. The van der Waals surface area contributed by atoms with Gasteiger partial charge in [0, 0.05) is 0 Å². The number of carbonyl (C=O) groups is 2. The van der Waals surface area contributed by atoms with Gasteiger partial charge in [0.15, 0.2) is 0 Å². The molecule has 0 spiro atoms. The molecular weight excluding hydrogens is 369 g/mol. The Labute approximate surface area is 151 Å². The molecule has 2 aromatic rings. The Kier molecular flexibility index (Phi) is 9.28. The van der Waals surface area contributed by atoms with E-state index < -0.39 is 11.9 Å². The summed E-state index contributed by atoms with van der Waals surface area (Å²) in [7, 11) is 0. The molecule has 92 valence electrons. The summed E-state index contributed by atoms with van der Waals surface area (Å²) in [4.78, 5) is 20.2. The summed E-state index contributed by atoms with van der Waals surface area (Å²) >= 11 is 0. The minimum absolute atomic E-state index is 0. The van der Waals surface area contributed by atoms with Gasteiger partial charge in [0.1, 0.15) is 0 Å². The zero-order chi connectivity index (χ0) is 13.4. The maximum Gasteiger partial charge on any atom is 2.00 e. The first-order valence-corrected chi connectivity index (χ1v) is 5.14. The van der Waals surface area contributed by atoms with Crippen LogP contribution in [0.4, 0.5) is 0 Å². The zero-order valence-corrected chi connectivity index (χ0v) is 14.6. The molecule has 0 fully saturated rings. The summed E-state index contributed by atoms with van der Waals surface area (Å²) in [5, 5.41) is 20.2. The van der Waals surface area contributed by atoms with Crippen LogP contribution >= 0.6 is 0 Å². The Hall–Kier alpha value is -1.05.